The highest BCUT2D eigenvalue weighted by Gasteiger charge is 2.26. The molecule has 2 heterocycles. The number of thiophene rings is 1. The SMILES string of the molecule is CCC(C)(C)c1ccc(OCCCCNC(=O)c2cc(-c3ccsc3)nc3ccc(C)cc23)c(C(C)(C)CC)c1. The van der Waals surface area contributed by atoms with Gasteiger partial charge in [0.15, 0.2) is 0 Å². The molecule has 2 aromatic heterocycles. The maximum atomic E-state index is 13.3. The molecule has 4 aromatic rings. The number of ether oxygens (including phenoxy) is 1. The fourth-order valence-corrected chi connectivity index (χ4v) is 5.44. The fraction of sp³-hybridized carbons (Fsp3) is 0.429. The fourth-order valence-electron chi connectivity index (χ4n) is 4.79. The number of carbonyl (C=O) groups excluding carboxylic acids is 1. The lowest BCUT2D eigenvalue weighted by Crippen LogP contribution is -2.25. The minimum Gasteiger partial charge on any atom is -0.493 e. The molecule has 0 radical (unpaired) electrons. The summed E-state index contributed by atoms with van der Waals surface area (Å²) in [4.78, 5) is 18.1. The van der Waals surface area contributed by atoms with E-state index in [0.717, 1.165) is 59.2 Å². The second kappa shape index (κ2) is 12.6. The first-order chi connectivity index (χ1) is 19.1. The van der Waals surface area contributed by atoms with Crippen molar-refractivity contribution in [3.8, 4) is 17.0 Å². The smallest absolute Gasteiger partial charge is 0.252 e. The minimum atomic E-state index is -0.0588. The summed E-state index contributed by atoms with van der Waals surface area (Å²) in [5, 5.41) is 8.12. The van der Waals surface area contributed by atoms with E-state index >= 15 is 0 Å². The van der Waals surface area contributed by atoms with Crippen molar-refractivity contribution in [3.05, 3.63) is 81.5 Å². The van der Waals surface area contributed by atoms with Gasteiger partial charge in [-0.1, -0.05) is 65.3 Å². The molecule has 0 bridgehead atoms. The zero-order chi connectivity index (χ0) is 28.9. The Morgan fingerprint density at radius 3 is 2.42 bits per heavy atom. The van der Waals surface area contributed by atoms with E-state index in [1.165, 1.54) is 11.1 Å². The number of aromatic nitrogens is 1. The maximum absolute atomic E-state index is 13.3. The van der Waals surface area contributed by atoms with Crippen molar-refractivity contribution in [3.63, 3.8) is 0 Å². The molecule has 0 fully saturated rings. The molecule has 40 heavy (non-hydrogen) atoms. The number of unbranched alkanes of at least 4 members (excludes halogenated alkanes) is 1. The van der Waals surface area contributed by atoms with Gasteiger partial charge in [-0.2, -0.15) is 11.3 Å². The van der Waals surface area contributed by atoms with Gasteiger partial charge in [0.2, 0.25) is 0 Å². The Morgan fingerprint density at radius 1 is 0.950 bits per heavy atom. The number of amides is 1. The number of nitrogens with one attached hydrogen (secondary N) is 1. The molecular formula is C35H44N2O2S. The van der Waals surface area contributed by atoms with Crippen LogP contribution in [0.2, 0.25) is 0 Å². The minimum absolute atomic E-state index is 0.0384. The first kappa shape index (κ1) is 29.8. The molecule has 0 aliphatic rings. The van der Waals surface area contributed by atoms with E-state index in [0.29, 0.717) is 18.7 Å². The second-order valence-corrected chi connectivity index (χ2v) is 12.9. The van der Waals surface area contributed by atoms with Crippen LogP contribution in [0.25, 0.3) is 22.2 Å². The van der Waals surface area contributed by atoms with E-state index < -0.39 is 0 Å². The summed E-state index contributed by atoms with van der Waals surface area (Å²) in [6.07, 6.45) is 3.85. The molecular weight excluding hydrogens is 512 g/mol. The van der Waals surface area contributed by atoms with Crippen LogP contribution >= 0.6 is 11.3 Å². The number of rotatable bonds is 12. The van der Waals surface area contributed by atoms with Crippen LogP contribution in [0.3, 0.4) is 0 Å². The number of hydrogen-bond donors (Lipinski definition) is 1. The van der Waals surface area contributed by atoms with E-state index in [-0.39, 0.29) is 16.7 Å². The van der Waals surface area contributed by atoms with E-state index in [1.807, 2.05) is 42.6 Å². The van der Waals surface area contributed by atoms with Crippen molar-refractivity contribution >= 4 is 28.1 Å². The lowest BCUT2D eigenvalue weighted by atomic mass is 9.76. The summed E-state index contributed by atoms with van der Waals surface area (Å²) >= 11 is 1.63. The monoisotopic (exact) mass is 556 g/mol. The van der Waals surface area contributed by atoms with E-state index in [9.17, 15) is 4.79 Å². The Bertz CT molecular complexity index is 1450. The van der Waals surface area contributed by atoms with Gasteiger partial charge in [0.1, 0.15) is 5.75 Å². The summed E-state index contributed by atoms with van der Waals surface area (Å²) in [5.41, 5.74) is 7.31. The lowest BCUT2D eigenvalue weighted by molar-refractivity contribution is 0.0954. The Kier molecular flexibility index (Phi) is 9.35. The van der Waals surface area contributed by atoms with Gasteiger partial charge in [-0.05, 0) is 84.7 Å². The molecule has 2 aromatic carbocycles. The lowest BCUT2D eigenvalue weighted by Gasteiger charge is -2.30. The number of carbonyl (C=O) groups is 1. The summed E-state index contributed by atoms with van der Waals surface area (Å²) in [6.45, 7) is 16.9. The van der Waals surface area contributed by atoms with E-state index in [1.54, 1.807) is 11.3 Å². The van der Waals surface area contributed by atoms with Crippen LogP contribution in [-0.2, 0) is 10.8 Å². The van der Waals surface area contributed by atoms with Crippen LogP contribution in [0, 0.1) is 6.92 Å². The number of benzene rings is 2. The molecule has 4 rings (SSSR count). The molecule has 0 saturated carbocycles. The van der Waals surface area contributed by atoms with Gasteiger partial charge in [0.05, 0.1) is 23.4 Å². The third kappa shape index (κ3) is 6.75. The van der Waals surface area contributed by atoms with Crippen LogP contribution in [-0.4, -0.2) is 24.0 Å². The number of fused-ring (bicyclic) bond motifs is 1. The largest absolute Gasteiger partial charge is 0.493 e. The predicted octanol–water partition coefficient (Wildman–Crippen LogP) is 9.24. The van der Waals surface area contributed by atoms with Crippen LogP contribution < -0.4 is 10.1 Å². The molecule has 1 N–H and O–H groups in total. The molecule has 4 nitrogen and oxygen atoms in total. The van der Waals surface area contributed by atoms with Crippen molar-refractivity contribution in [1.82, 2.24) is 10.3 Å². The Labute approximate surface area is 244 Å². The molecule has 0 saturated heterocycles. The number of nitrogens with zero attached hydrogens (tertiary/aromatic N) is 1. The second-order valence-electron chi connectivity index (χ2n) is 12.1. The quantitative estimate of drug-likeness (QED) is 0.177. The van der Waals surface area contributed by atoms with Crippen molar-refractivity contribution in [1.29, 1.82) is 0 Å². The zero-order valence-corrected chi connectivity index (χ0v) is 26.0. The number of pyridine rings is 1. The third-order valence-electron chi connectivity index (χ3n) is 8.40. The molecule has 5 heteroatoms. The third-order valence-corrected chi connectivity index (χ3v) is 9.08. The normalized spacial score (nSPS) is 12.1. The van der Waals surface area contributed by atoms with Gasteiger partial charge >= 0.3 is 0 Å². The number of hydrogen-bond acceptors (Lipinski definition) is 4. The Morgan fingerprint density at radius 2 is 1.73 bits per heavy atom. The highest BCUT2D eigenvalue weighted by atomic mass is 32.1. The maximum Gasteiger partial charge on any atom is 0.252 e. The van der Waals surface area contributed by atoms with E-state index in [4.69, 9.17) is 9.72 Å². The van der Waals surface area contributed by atoms with Crippen LogP contribution in [0.5, 0.6) is 5.75 Å². The Hall–Kier alpha value is -3.18. The molecule has 0 spiro atoms. The standard InChI is InChI=1S/C35H44N2O2S/c1-8-34(4,5)26-13-15-32(29(21-26)35(6,7)9-2)39-18-11-10-17-36-33(38)28-22-31(25-16-19-40-23-25)37-30-14-12-24(3)20-27(28)30/h12-16,19-23H,8-11,17-18H2,1-7H3,(H,36,38). The van der Waals surface area contributed by atoms with Crippen molar-refractivity contribution < 1.29 is 9.53 Å². The van der Waals surface area contributed by atoms with Crippen LogP contribution in [0.15, 0.2) is 59.3 Å². The molecule has 1 amide bonds. The van der Waals surface area contributed by atoms with Gasteiger partial charge < -0.3 is 10.1 Å². The summed E-state index contributed by atoms with van der Waals surface area (Å²) in [5.74, 6) is 0.919. The predicted molar refractivity (Wildman–Crippen MR) is 170 cm³/mol. The summed E-state index contributed by atoms with van der Waals surface area (Å²) in [6, 6.07) is 16.8. The molecule has 0 unspecified atom stereocenters. The van der Waals surface area contributed by atoms with Crippen molar-refractivity contribution in [2.75, 3.05) is 13.2 Å². The highest BCUT2D eigenvalue weighted by molar-refractivity contribution is 7.08. The van der Waals surface area contributed by atoms with Crippen LogP contribution in [0.4, 0.5) is 0 Å². The number of aryl methyl sites for hydroxylation is 1. The average Bonchev–Trinajstić information content (AvgIpc) is 3.49. The van der Waals surface area contributed by atoms with Gasteiger partial charge in [0.25, 0.3) is 5.91 Å². The van der Waals surface area contributed by atoms with Crippen molar-refractivity contribution in [2.24, 2.45) is 0 Å². The van der Waals surface area contributed by atoms with E-state index in [2.05, 4.69) is 70.4 Å². The molecule has 212 valence electrons. The summed E-state index contributed by atoms with van der Waals surface area (Å²) < 4.78 is 6.33. The summed E-state index contributed by atoms with van der Waals surface area (Å²) in [7, 11) is 0. The van der Waals surface area contributed by atoms with Gasteiger partial charge in [-0.3, -0.25) is 4.79 Å². The topological polar surface area (TPSA) is 51.2 Å². The highest BCUT2D eigenvalue weighted by Crippen LogP contribution is 2.38. The van der Waals surface area contributed by atoms with Crippen molar-refractivity contribution in [2.45, 2.75) is 85.0 Å². The van der Waals surface area contributed by atoms with Gasteiger partial charge in [-0.15, -0.1) is 0 Å². The zero-order valence-electron chi connectivity index (χ0n) is 25.2. The molecule has 0 aliphatic carbocycles. The molecule has 0 atom stereocenters. The van der Waals surface area contributed by atoms with Gasteiger partial charge in [-0.25, -0.2) is 4.98 Å². The average molecular weight is 557 g/mol. The first-order valence-electron chi connectivity index (χ1n) is 14.6. The van der Waals surface area contributed by atoms with Gasteiger partial charge in [0, 0.05) is 28.4 Å². The Balaban J connectivity index is 1.39. The first-order valence-corrected chi connectivity index (χ1v) is 15.5. The molecule has 0 aliphatic heterocycles. The van der Waals surface area contributed by atoms with Crippen LogP contribution in [0.1, 0.15) is 94.3 Å².